The van der Waals surface area contributed by atoms with Gasteiger partial charge in [0.1, 0.15) is 0 Å². The minimum Gasteiger partial charge on any atom is -0.548 e. The first kappa shape index (κ1) is 22.8. The van der Waals surface area contributed by atoms with Gasteiger partial charge in [-0.25, -0.2) is 0 Å². The van der Waals surface area contributed by atoms with Crippen molar-refractivity contribution in [3.05, 3.63) is 71.8 Å². The molecule has 2 aromatic rings. The summed E-state index contributed by atoms with van der Waals surface area (Å²) in [5, 5.41) is 20.5. The second-order valence-corrected chi connectivity index (χ2v) is 5.23. The molecule has 0 amide bonds. The molecule has 0 aliphatic rings. The fourth-order valence-electron chi connectivity index (χ4n) is 1.90. The number of benzene rings is 2. The molecule has 2 atom stereocenters. The van der Waals surface area contributed by atoms with Crippen molar-refractivity contribution in [3.8, 4) is 0 Å². The van der Waals surface area contributed by atoms with Crippen LogP contribution in [0.1, 0.15) is 11.1 Å². The first-order valence-corrected chi connectivity index (χ1v) is 7.41. The molecule has 0 aliphatic carbocycles. The van der Waals surface area contributed by atoms with Crippen LogP contribution in [-0.2, 0) is 39.5 Å². The Morgan fingerprint density at radius 1 is 0.720 bits per heavy atom. The molecule has 0 aromatic heterocycles. The van der Waals surface area contributed by atoms with Gasteiger partial charge in [-0.3, -0.25) is 0 Å². The zero-order valence-electron chi connectivity index (χ0n) is 13.4. The molecule has 0 spiro atoms. The van der Waals surface area contributed by atoms with Crippen molar-refractivity contribution in [2.45, 2.75) is 24.9 Å². The van der Waals surface area contributed by atoms with Crippen molar-refractivity contribution in [3.63, 3.8) is 0 Å². The normalized spacial score (nSPS) is 11.9. The standard InChI is InChI=1S/2C9H11NO2.Cu/c2*10-8(9(11)12)6-7-4-2-1-3-5-7;/h2*1-5,8H,6,10H2,(H,11,12);/q;;+2/p-2. The van der Waals surface area contributed by atoms with E-state index in [4.69, 9.17) is 11.5 Å². The Labute approximate surface area is 157 Å². The van der Waals surface area contributed by atoms with Gasteiger partial charge in [0.15, 0.2) is 0 Å². The smallest absolute Gasteiger partial charge is 0.548 e. The van der Waals surface area contributed by atoms with Crippen LogP contribution in [0.4, 0.5) is 0 Å². The Morgan fingerprint density at radius 2 is 1.00 bits per heavy atom. The van der Waals surface area contributed by atoms with Gasteiger partial charge in [-0.05, 0) is 24.0 Å². The van der Waals surface area contributed by atoms with E-state index in [1.165, 1.54) is 0 Å². The molecule has 137 valence electrons. The second kappa shape index (κ2) is 12.2. The van der Waals surface area contributed by atoms with E-state index in [2.05, 4.69) is 0 Å². The monoisotopic (exact) mass is 391 g/mol. The number of carbonyl (C=O) groups is 2. The third-order valence-corrected chi connectivity index (χ3v) is 3.20. The molecule has 25 heavy (non-hydrogen) atoms. The van der Waals surface area contributed by atoms with Gasteiger partial charge in [0.25, 0.3) is 0 Å². The number of carbonyl (C=O) groups excluding carboxylic acids is 2. The maximum Gasteiger partial charge on any atom is 2.00 e. The van der Waals surface area contributed by atoms with Crippen LogP contribution >= 0.6 is 0 Å². The fraction of sp³-hybridized carbons (Fsp3) is 0.222. The van der Waals surface area contributed by atoms with Gasteiger partial charge in [0.05, 0.1) is 11.9 Å². The summed E-state index contributed by atoms with van der Waals surface area (Å²) in [5.74, 6) is -2.42. The molecule has 0 fully saturated rings. The average molecular weight is 392 g/mol. The summed E-state index contributed by atoms with van der Waals surface area (Å²) in [6.45, 7) is 0. The molecule has 6 nitrogen and oxygen atoms in total. The molecule has 2 unspecified atom stereocenters. The first-order valence-electron chi connectivity index (χ1n) is 7.41. The number of hydrogen-bond acceptors (Lipinski definition) is 6. The van der Waals surface area contributed by atoms with E-state index in [0.29, 0.717) is 12.8 Å². The number of carboxylic acids is 2. The topological polar surface area (TPSA) is 132 Å². The number of aliphatic carboxylic acids is 2. The zero-order valence-corrected chi connectivity index (χ0v) is 14.4. The Bertz CT molecular complexity index is 581. The maximum atomic E-state index is 10.3. The summed E-state index contributed by atoms with van der Waals surface area (Å²) in [6.07, 6.45) is 0.645. The predicted octanol–water partition coefficient (Wildman–Crippen LogP) is -1.39. The molecule has 1 radical (unpaired) electrons. The van der Waals surface area contributed by atoms with Gasteiger partial charge < -0.3 is 31.3 Å². The molecular formula is C18H20CuN2O4. The van der Waals surface area contributed by atoms with Crippen molar-refractivity contribution in [1.82, 2.24) is 0 Å². The maximum absolute atomic E-state index is 10.3. The van der Waals surface area contributed by atoms with Crippen LogP contribution in [0.25, 0.3) is 0 Å². The molecule has 7 heteroatoms. The van der Waals surface area contributed by atoms with Crippen LogP contribution in [-0.4, -0.2) is 24.0 Å². The van der Waals surface area contributed by atoms with E-state index in [1.807, 2.05) is 60.7 Å². The quantitative estimate of drug-likeness (QED) is 0.582. The molecule has 0 heterocycles. The molecular weight excluding hydrogens is 372 g/mol. The Balaban J connectivity index is 0.000000443. The minimum absolute atomic E-state index is 0. The number of hydrogen-bond donors (Lipinski definition) is 2. The third-order valence-electron chi connectivity index (χ3n) is 3.20. The van der Waals surface area contributed by atoms with Crippen LogP contribution in [0.3, 0.4) is 0 Å². The Morgan fingerprint density at radius 3 is 1.24 bits per heavy atom. The van der Waals surface area contributed by atoms with E-state index in [-0.39, 0.29) is 17.1 Å². The summed E-state index contributed by atoms with van der Waals surface area (Å²) < 4.78 is 0. The van der Waals surface area contributed by atoms with Crippen LogP contribution in [0.15, 0.2) is 60.7 Å². The summed E-state index contributed by atoms with van der Waals surface area (Å²) >= 11 is 0. The summed E-state index contributed by atoms with van der Waals surface area (Å²) in [4.78, 5) is 20.5. The third kappa shape index (κ3) is 9.64. The van der Waals surface area contributed by atoms with Crippen LogP contribution in [0.2, 0.25) is 0 Å². The SMILES string of the molecule is NC(Cc1ccccc1)C(=O)[O-].NC(Cc1ccccc1)C(=O)[O-].[Cu+2]. The van der Waals surface area contributed by atoms with Crippen LogP contribution in [0.5, 0.6) is 0 Å². The molecule has 4 N–H and O–H groups in total. The van der Waals surface area contributed by atoms with Gasteiger partial charge in [-0.1, -0.05) is 60.7 Å². The van der Waals surface area contributed by atoms with Gasteiger partial charge in [-0.2, -0.15) is 0 Å². The molecule has 2 rings (SSSR count). The summed E-state index contributed by atoms with van der Waals surface area (Å²) in [5.41, 5.74) is 12.4. The molecule has 2 aromatic carbocycles. The van der Waals surface area contributed by atoms with Gasteiger partial charge in [0.2, 0.25) is 0 Å². The molecule has 0 bridgehead atoms. The largest absolute Gasteiger partial charge is 2.00 e. The van der Waals surface area contributed by atoms with Gasteiger partial charge in [0, 0.05) is 12.1 Å². The second-order valence-electron chi connectivity index (χ2n) is 5.23. The van der Waals surface area contributed by atoms with Crippen molar-refractivity contribution in [2.75, 3.05) is 0 Å². The van der Waals surface area contributed by atoms with E-state index in [9.17, 15) is 19.8 Å². The van der Waals surface area contributed by atoms with E-state index in [0.717, 1.165) is 11.1 Å². The number of carboxylic acid groups (broad SMARTS) is 2. The van der Waals surface area contributed by atoms with Crippen LogP contribution in [0, 0.1) is 0 Å². The minimum atomic E-state index is -1.21. The van der Waals surface area contributed by atoms with E-state index in [1.54, 1.807) is 0 Å². The number of rotatable bonds is 6. The molecule has 0 saturated heterocycles. The number of nitrogens with two attached hydrogens (primary N) is 2. The van der Waals surface area contributed by atoms with Gasteiger partial charge >= 0.3 is 17.1 Å². The van der Waals surface area contributed by atoms with Crippen molar-refractivity contribution >= 4 is 11.9 Å². The fourth-order valence-corrected chi connectivity index (χ4v) is 1.90. The van der Waals surface area contributed by atoms with Crippen molar-refractivity contribution in [2.24, 2.45) is 11.5 Å². The zero-order chi connectivity index (χ0) is 17.9. The summed E-state index contributed by atoms with van der Waals surface area (Å²) in [6, 6.07) is 16.6. The average Bonchev–Trinajstić information content (AvgIpc) is 2.57. The first-order chi connectivity index (χ1) is 11.4. The van der Waals surface area contributed by atoms with E-state index < -0.39 is 24.0 Å². The Kier molecular flexibility index (Phi) is 11.2. The van der Waals surface area contributed by atoms with Crippen molar-refractivity contribution in [1.29, 1.82) is 0 Å². The van der Waals surface area contributed by atoms with Crippen LogP contribution < -0.4 is 21.7 Å². The van der Waals surface area contributed by atoms with Gasteiger partial charge in [-0.15, -0.1) is 0 Å². The van der Waals surface area contributed by atoms with Crippen molar-refractivity contribution < 1.29 is 36.9 Å². The summed E-state index contributed by atoms with van der Waals surface area (Å²) in [7, 11) is 0. The molecule has 0 saturated carbocycles. The predicted molar refractivity (Wildman–Crippen MR) is 86.3 cm³/mol. The van der Waals surface area contributed by atoms with E-state index >= 15 is 0 Å². The Hall–Kier alpha value is -2.18. The molecule has 0 aliphatic heterocycles.